The molecule has 0 saturated heterocycles. The highest BCUT2D eigenvalue weighted by Crippen LogP contribution is 2.48. The van der Waals surface area contributed by atoms with Crippen molar-refractivity contribution in [3.8, 4) is 0 Å². The molecule has 1 aromatic heterocycles. The van der Waals surface area contributed by atoms with E-state index >= 15 is 0 Å². The number of aromatic nitrogens is 2. The maximum atomic E-state index is 4.67. The van der Waals surface area contributed by atoms with Crippen LogP contribution in [0.4, 0.5) is 11.8 Å². The van der Waals surface area contributed by atoms with Crippen LogP contribution in [0.3, 0.4) is 0 Å². The molecule has 4 nitrogen and oxygen atoms in total. The Bertz CT molecular complexity index is 619. The first-order valence-corrected chi connectivity index (χ1v) is 8.01. The highest BCUT2D eigenvalue weighted by Gasteiger charge is 2.40. The summed E-state index contributed by atoms with van der Waals surface area (Å²) in [5, 5.41) is 7.96. The number of rotatable bonds is 7. The Morgan fingerprint density at radius 2 is 1.90 bits per heavy atom. The van der Waals surface area contributed by atoms with Crippen molar-refractivity contribution in [1.29, 1.82) is 0 Å². The van der Waals surface area contributed by atoms with Crippen LogP contribution in [0.5, 0.6) is 0 Å². The molecule has 0 radical (unpaired) electrons. The van der Waals surface area contributed by atoms with Crippen molar-refractivity contribution in [2.75, 3.05) is 23.7 Å². The molecule has 2 N–H and O–H groups in total. The van der Waals surface area contributed by atoms with Crippen LogP contribution in [-0.4, -0.2) is 23.1 Å². The van der Waals surface area contributed by atoms with E-state index in [2.05, 4.69) is 40.5 Å². The minimum absolute atomic E-state index is 0.503. The van der Waals surface area contributed by atoms with Gasteiger partial charge in [0.05, 0.1) is 5.52 Å². The number of fused-ring (bicyclic) bond motifs is 1. The van der Waals surface area contributed by atoms with Crippen molar-refractivity contribution < 1.29 is 0 Å². The Labute approximate surface area is 126 Å². The maximum absolute atomic E-state index is 4.67. The molecule has 0 bridgehead atoms. The maximum Gasteiger partial charge on any atom is 0.225 e. The Hall–Kier alpha value is -1.84. The van der Waals surface area contributed by atoms with Gasteiger partial charge in [-0.2, -0.15) is 4.98 Å². The third kappa shape index (κ3) is 3.09. The lowest BCUT2D eigenvalue weighted by molar-refractivity contribution is 0.521. The summed E-state index contributed by atoms with van der Waals surface area (Å²) in [5.74, 6) is 1.68. The van der Waals surface area contributed by atoms with Crippen molar-refractivity contribution in [2.24, 2.45) is 5.41 Å². The summed E-state index contributed by atoms with van der Waals surface area (Å²) < 4.78 is 0. The Morgan fingerprint density at radius 1 is 1.10 bits per heavy atom. The summed E-state index contributed by atoms with van der Waals surface area (Å²) in [4.78, 5) is 9.26. The van der Waals surface area contributed by atoms with Crippen LogP contribution >= 0.6 is 0 Å². The second kappa shape index (κ2) is 5.88. The summed E-state index contributed by atoms with van der Waals surface area (Å²) in [6, 6.07) is 8.21. The topological polar surface area (TPSA) is 49.8 Å². The molecule has 1 saturated carbocycles. The lowest BCUT2D eigenvalue weighted by Crippen LogP contribution is -2.16. The van der Waals surface area contributed by atoms with Crippen LogP contribution in [0.1, 0.15) is 39.5 Å². The molecule has 3 rings (SSSR count). The van der Waals surface area contributed by atoms with E-state index < -0.39 is 0 Å². The first kappa shape index (κ1) is 14.1. The third-order valence-electron chi connectivity index (χ3n) is 4.47. The van der Waals surface area contributed by atoms with Crippen molar-refractivity contribution >= 4 is 22.7 Å². The molecule has 0 spiro atoms. The molecule has 1 aliphatic rings. The van der Waals surface area contributed by atoms with E-state index in [1.165, 1.54) is 19.3 Å². The molecule has 1 fully saturated rings. The molecule has 0 unspecified atom stereocenters. The number of nitrogens with zero attached hydrogens (tertiary/aromatic N) is 2. The van der Waals surface area contributed by atoms with Crippen molar-refractivity contribution in [3.05, 3.63) is 24.3 Å². The first-order chi connectivity index (χ1) is 10.3. The second-order valence-electron chi connectivity index (χ2n) is 6.05. The molecule has 0 aliphatic heterocycles. The number of anilines is 2. The summed E-state index contributed by atoms with van der Waals surface area (Å²) in [6.45, 7) is 6.33. The molecular weight excluding hydrogens is 260 g/mol. The molecular formula is C17H24N4. The lowest BCUT2D eigenvalue weighted by atomic mass is 10.0. The predicted molar refractivity (Wildman–Crippen MR) is 88.8 cm³/mol. The Kier molecular flexibility index (Phi) is 3.95. The van der Waals surface area contributed by atoms with Gasteiger partial charge in [-0.3, -0.25) is 0 Å². The summed E-state index contributed by atoms with van der Waals surface area (Å²) >= 11 is 0. The quantitative estimate of drug-likeness (QED) is 0.805. The standard InChI is InChI=1S/C17H24N4/c1-3-11-18-16-20-14-8-6-5-7-13(14)15(21-16)19-12-17(4-2)9-10-17/h5-8H,3-4,9-12H2,1-2H3,(H2,18,19,20,21). The monoisotopic (exact) mass is 284 g/mol. The van der Waals surface area contributed by atoms with Gasteiger partial charge in [-0.05, 0) is 43.2 Å². The molecule has 1 heterocycles. The smallest absolute Gasteiger partial charge is 0.225 e. The largest absolute Gasteiger partial charge is 0.369 e. The average molecular weight is 284 g/mol. The molecule has 112 valence electrons. The fourth-order valence-electron chi connectivity index (χ4n) is 2.63. The number of para-hydroxylation sites is 1. The summed E-state index contributed by atoms with van der Waals surface area (Å²) in [5.41, 5.74) is 1.50. The number of hydrogen-bond acceptors (Lipinski definition) is 4. The van der Waals surface area contributed by atoms with Crippen LogP contribution in [-0.2, 0) is 0 Å². The van der Waals surface area contributed by atoms with Crippen LogP contribution in [0.25, 0.3) is 10.9 Å². The minimum atomic E-state index is 0.503. The molecule has 1 aliphatic carbocycles. The molecule has 21 heavy (non-hydrogen) atoms. The van der Waals surface area contributed by atoms with E-state index in [-0.39, 0.29) is 0 Å². The van der Waals surface area contributed by atoms with Gasteiger partial charge in [-0.15, -0.1) is 0 Å². The van der Waals surface area contributed by atoms with E-state index in [9.17, 15) is 0 Å². The average Bonchev–Trinajstić information content (AvgIpc) is 3.31. The zero-order valence-corrected chi connectivity index (χ0v) is 12.9. The van der Waals surface area contributed by atoms with Crippen LogP contribution in [0, 0.1) is 5.41 Å². The van der Waals surface area contributed by atoms with E-state index in [0.717, 1.165) is 42.2 Å². The second-order valence-corrected chi connectivity index (χ2v) is 6.05. The zero-order valence-electron chi connectivity index (χ0n) is 12.9. The van der Waals surface area contributed by atoms with E-state index in [4.69, 9.17) is 0 Å². The van der Waals surface area contributed by atoms with Gasteiger partial charge in [0.2, 0.25) is 5.95 Å². The van der Waals surface area contributed by atoms with E-state index in [0.29, 0.717) is 5.41 Å². The molecule has 2 aromatic rings. The van der Waals surface area contributed by atoms with Gasteiger partial charge in [0.1, 0.15) is 5.82 Å². The van der Waals surface area contributed by atoms with Crippen LogP contribution < -0.4 is 10.6 Å². The van der Waals surface area contributed by atoms with Gasteiger partial charge in [0.15, 0.2) is 0 Å². The van der Waals surface area contributed by atoms with Crippen LogP contribution in [0.15, 0.2) is 24.3 Å². The minimum Gasteiger partial charge on any atom is -0.369 e. The Morgan fingerprint density at radius 3 is 2.62 bits per heavy atom. The van der Waals surface area contributed by atoms with Crippen LogP contribution in [0.2, 0.25) is 0 Å². The fourth-order valence-corrected chi connectivity index (χ4v) is 2.63. The SMILES string of the molecule is CCCNc1nc(NCC2(CC)CC2)c2ccccc2n1. The lowest BCUT2D eigenvalue weighted by Gasteiger charge is -2.16. The molecule has 1 aromatic carbocycles. The number of benzene rings is 1. The fraction of sp³-hybridized carbons (Fsp3) is 0.529. The highest BCUT2D eigenvalue weighted by atomic mass is 15.1. The predicted octanol–water partition coefficient (Wildman–Crippen LogP) is 4.05. The van der Waals surface area contributed by atoms with E-state index in [1.807, 2.05) is 18.2 Å². The van der Waals surface area contributed by atoms with Gasteiger partial charge in [-0.1, -0.05) is 26.0 Å². The zero-order chi connectivity index (χ0) is 14.7. The Balaban J connectivity index is 1.87. The molecule has 0 amide bonds. The van der Waals surface area contributed by atoms with Gasteiger partial charge in [-0.25, -0.2) is 4.98 Å². The summed E-state index contributed by atoms with van der Waals surface area (Å²) in [6.07, 6.45) is 4.97. The van der Waals surface area contributed by atoms with Crippen molar-refractivity contribution in [1.82, 2.24) is 9.97 Å². The molecule has 4 heteroatoms. The highest BCUT2D eigenvalue weighted by molar-refractivity contribution is 5.90. The van der Waals surface area contributed by atoms with Crippen molar-refractivity contribution in [3.63, 3.8) is 0 Å². The summed E-state index contributed by atoms with van der Waals surface area (Å²) in [7, 11) is 0. The number of nitrogens with one attached hydrogen (secondary N) is 2. The van der Waals surface area contributed by atoms with Crippen molar-refractivity contribution in [2.45, 2.75) is 39.5 Å². The van der Waals surface area contributed by atoms with Gasteiger partial charge < -0.3 is 10.6 Å². The van der Waals surface area contributed by atoms with Gasteiger partial charge >= 0.3 is 0 Å². The normalized spacial score (nSPS) is 15.9. The van der Waals surface area contributed by atoms with E-state index in [1.54, 1.807) is 0 Å². The first-order valence-electron chi connectivity index (χ1n) is 8.01. The number of hydrogen-bond donors (Lipinski definition) is 2. The molecule has 0 atom stereocenters. The third-order valence-corrected chi connectivity index (χ3v) is 4.47. The van der Waals surface area contributed by atoms with Gasteiger partial charge in [0, 0.05) is 18.5 Å². The van der Waals surface area contributed by atoms with Gasteiger partial charge in [0.25, 0.3) is 0 Å².